The number of pyridine rings is 1. The molecule has 1 aromatic rings. The lowest BCUT2D eigenvalue weighted by molar-refractivity contribution is 0.0885. The van der Waals surface area contributed by atoms with Gasteiger partial charge in [0.2, 0.25) is 0 Å². The Morgan fingerprint density at radius 1 is 1.53 bits per heavy atom. The lowest BCUT2D eigenvalue weighted by Gasteiger charge is -2.23. The van der Waals surface area contributed by atoms with Gasteiger partial charge in [-0.25, -0.2) is 4.98 Å². The van der Waals surface area contributed by atoms with Crippen LogP contribution in [0.15, 0.2) is 18.2 Å². The first-order valence-electron chi connectivity index (χ1n) is 5.68. The van der Waals surface area contributed by atoms with E-state index in [1.165, 1.54) is 0 Å². The molecule has 1 aliphatic rings. The standard InChI is InChI=1S/C12H17N3O2/c1-12(6-7-17-8-12)15-11(16)9-4-3-5-10(13-2)14-9/h3-5H,6-8H2,1-2H3,(H,13,14)(H,15,16). The molecule has 0 aromatic carbocycles. The fourth-order valence-electron chi connectivity index (χ4n) is 1.80. The van der Waals surface area contributed by atoms with Crippen LogP contribution in [0.4, 0.5) is 5.82 Å². The Hall–Kier alpha value is -1.62. The molecule has 1 saturated heterocycles. The summed E-state index contributed by atoms with van der Waals surface area (Å²) in [5, 5.41) is 5.88. The zero-order valence-corrected chi connectivity index (χ0v) is 10.1. The highest BCUT2D eigenvalue weighted by molar-refractivity contribution is 5.93. The Kier molecular flexibility index (Phi) is 3.28. The number of carbonyl (C=O) groups excluding carboxylic acids is 1. The molecule has 92 valence electrons. The summed E-state index contributed by atoms with van der Waals surface area (Å²) in [5.41, 5.74) is 0.152. The van der Waals surface area contributed by atoms with Gasteiger partial charge < -0.3 is 15.4 Å². The van der Waals surface area contributed by atoms with Crippen molar-refractivity contribution in [2.45, 2.75) is 18.9 Å². The SMILES string of the molecule is CNc1cccc(C(=O)NC2(C)CCOC2)n1. The number of carbonyl (C=O) groups is 1. The minimum absolute atomic E-state index is 0.157. The summed E-state index contributed by atoms with van der Waals surface area (Å²) in [6, 6.07) is 5.33. The van der Waals surface area contributed by atoms with E-state index in [1.807, 2.05) is 13.0 Å². The third kappa shape index (κ3) is 2.74. The Balaban J connectivity index is 2.08. The molecule has 2 rings (SSSR count). The van der Waals surface area contributed by atoms with Gasteiger partial charge in [0.05, 0.1) is 12.1 Å². The van der Waals surface area contributed by atoms with Gasteiger partial charge in [0.1, 0.15) is 11.5 Å². The van der Waals surface area contributed by atoms with Gasteiger partial charge in [0, 0.05) is 13.7 Å². The summed E-state index contributed by atoms with van der Waals surface area (Å²) in [6.07, 6.45) is 0.838. The smallest absolute Gasteiger partial charge is 0.270 e. The summed E-state index contributed by atoms with van der Waals surface area (Å²) in [6.45, 7) is 3.24. The third-order valence-electron chi connectivity index (χ3n) is 2.87. The maximum Gasteiger partial charge on any atom is 0.270 e. The van der Waals surface area contributed by atoms with Crippen LogP contribution in [0, 0.1) is 0 Å². The number of amides is 1. The number of rotatable bonds is 3. The van der Waals surface area contributed by atoms with E-state index in [0.717, 1.165) is 6.42 Å². The Morgan fingerprint density at radius 2 is 2.35 bits per heavy atom. The van der Waals surface area contributed by atoms with Crippen molar-refractivity contribution < 1.29 is 9.53 Å². The van der Waals surface area contributed by atoms with Gasteiger partial charge in [-0.1, -0.05) is 6.07 Å². The van der Waals surface area contributed by atoms with Crippen molar-refractivity contribution in [2.75, 3.05) is 25.6 Å². The summed E-state index contributed by atoms with van der Waals surface area (Å²) in [7, 11) is 1.77. The molecule has 0 bridgehead atoms. The van der Waals surface area contributed by atoms with Crippen molar-refractivity contribution in [1.82, 2.24) is 10.3 Å². The molecule has 0 radical (unpaired) electrons. The van der Waals surface area contributed by atoms with Crippen LogP contribution >= 0.6 is 0 Å². The van der Waals surface area contributed by atoms with Gasteiger partial charge in [-0.05, 0) is 25.5 Å². The van der Waals surface area contributed by atoms with E-state index in [0.29, 0.717) is 24.7 Å². The normalized spacial score (nSPS) is 23.4. The molecular weight excluding hydrogens is 218 g/mol. The molecule has 5 nitrogen and oxygen atoms in total. The fourth-order valence-corrected chi connectivity index (χ4v) is 1.80. The molecule has 0 saturated carbocycles. The Morgan fingerprint density at radius 3 is 3.00 bits per heavy atom. The van der Waals surface area contributed by atoms with Crippen LogP contribution in [-0.2, 0) is 4.74 Å². The van der Waals surface area contributed by atoms with Crippen molar-refractivity contribution in [2.24, 2.45) is 0 Å². The van der Waals surface area contributed by atoms with E-state index in [9.17, 15) is 4.79 Å². The number of ether oxygens (including phenoxy) is 1. The summed E-state index contributed by atoms with van der Waals surface area (Å²) >= 11 is 0. The number of hydrogen-bond donors (Lipinski definition) is 2. The number of hydrogen-bond acceptors (Lipinski definition) is 4. The molecule has 1 aliphatic heterocycles. The molecule has 17 heavy (non-hydrogen) atoms. The van der Waals surface area contributed by atoms with E-state index in [4.69, 9.17) is 4.74 Å². The quantitative estimate of drug-likeness (QED) is 0.821. The zero-order valence-electron chi connectivity index (χ0n) is 10.1. The Labute approximate surface area is 101 Å². The van der Waals surface area contributed by atoms with Gasteiger partial charge in [-0.2, -0.15) is 0 Å². The highest BCUT2D eigenvalue weighted by Gasteiger charge is 2.31. The second kappa shape index (κ2) is 4.71. The van der Waals surface area contributed by atoms with E-state index in [2.05, 4.69) is 15.6 Å². The predicted octanol–water partition coefficient (Wildman–Crippen LogP) is 1.03. The molecule has 0 spiro atoms. The summed E-state index contributed by atoms with van der Waals surface area (Å²) in [5.74, 6) is 0.528. The van der Waals surface area contributed by atoms with Crippen molar-refractivity contribution in [3.63, 3.8) is 0 Å². The van der Waals surface area contributed by atoms with Crippen LogP contribution in [-0.4, -0.2) is 36.7 Å². The van der Waals surface area contributed by atoms with Crippen LogP contribution in [0.1, 0.15) is 23.8 Å². The minimum Gasteiger partial charge on any atom is -0.379 e. The molecule has 1 unspecified atom stereocenters. The van der Waals surface area contributed by atoms with Crippen LogP contribution in [0.2, 0.25) is 0 Å². The number of aromatic nitrogens is 1. The summed E-state index contributed by atoms with van der Waals surface area (Å²) < 4.78 is 5.29. The molecule has 2 heterocycles. The first-order valence-corrected chi connectivity index (χ1v) is 5.68. The topological polar surface area (TPSA) is 63.2 Å². The number of anilines is 1. The maximum absolute atomic E-state index is 12.0. The van der Waals surface area contributed by atoms with Gasteiger partial charge in [0.15, 0.2) is 0 Å². The van der Waals surface area contributed by atoms with Crippen LogP contribution in [0.5, 0.6) is 0 Å². The predicted molar refractivity (Wildman–Crippen MR) is 65.1 cm³/mol. The zero-order chi connectivity index (χ0) is 12.3. The Bertz CT molecular complexity index is 414. The minimum atomic E-state index is -0.269. The molecule has 1 aromatic heterocycles. The third-order valence-corrected chi connectivity index (χ3v) is 2.87. The molecule has 1 fully saturated rings. The van der Waals surface area contributed by atoms with Gasteiger partial charge >= 0.3 is 0 Å². The molecule has 1 atom stereocenters. The average Bonchev–Trinajstić information content (AvgIpc) is 2.76. The second-order valence-corrected chi connectivity index (χ2v) is 4.48. The molecule has 0 aliphatic carbocycles. The molecule has 2 N–H and O–H groups in total. The van der Waals surface area contributed by atoms with E-state index < -0.39 is 0 Å². The van der Waals surface area contributed by atoms with E-state index >= 15 is 0 Å². The van der Waals surface area contributed by atoms with E-state index in [-0.39, 0.29) is 11.4 Å². The van der Waals surface area contributed by atoms with Crippen molar-refractivity contribution >= 4 is 11.7 Å². The van der Waals surface area contributed by atoms with Crippen molar-refractivity contribution in [3.05, 3.63) is 23.9 Å². The maximum atomic E-state index is 12.0. The van der Waals surface area contributed by atoms with Crippen molar-refractivity contribution in [3.8, 4) is 0 Å². The van der Waals surface area contributed by atoms with Gasteiger partial charge in [0.25, 0.3) is 5.91 Å². The molecule has 5 heteroatoms. The lowest BCUT2D eigenvalue weighted by Crippen LogP contribution is -2.46. The molecular formula is C12H17N3O2. The van der Waals surface area contributed by atoms with Crippen LogP contribution in [0.3, 0.4) is 0 Å². The number of nitrogens with one attached hydrogen (secondary N) is 2. The largest absolute Gasteiger partial charge is 0.379 e. The summed E-state index contributed by atoms with van der Waals surface area (Å²) in [4.78, 5) is 16.2. The first-order chi connectivity index (χ1) is 8.13. The second-order valence-electron chi connectivity index (χ2n) is 4.48. The van der Waals surface area contributed by atoms with Gasteiger partial charge in [-0.3, -0.25) is 4.79 Å². The monoisotopic (exact) mass is 235 g/mol. The average molecular weight is 235 g/mol. The highest BCUT2D eigenvalue weighted by Crippen LogP contribution is 2.18. The van der Waals surface area contributed by atoms with E-state index in [1.54, 1.807) is 19.2 Å². The molecule has 1 amide bonds. The lowest BCUT2D eigenvalue weighted by atomic mass is 10.0. The van der Waals surface area contributed by atoms with Crippen LogP contribution < -0.4 is 10.6 Å². The number of nitrogens with zero attached hydrogens (tertiary/aromatic N) is 1. The van der Waals surface area contributed by atoms with Gasteiger partial charge in [-0.15, -0.1) is 0 Å². The highest BCUT2D eigenvalue weighted by atomic mass is 16.5. The van der Waals surface area contributed by atoms with Crippen molar-refractivity contribution in [1.29, 1.82) is 0 Å². The van der Waals surface area contributed by atoms with Crippen LogP contribution in [0.25, 0.3) is 0 Å². The first kappa shape index (κ1) is 11.9. The fraction of sp³-hybridized carbons (Fsp3) is 0.500.